The van der Waals surface area contributed by atoms with E-state index in [1.807, 2.05) is 45.0 Å². The van der Waals surface area contributed by atoms with Gasteiger partial charge in [-0.3, -0.25) is 4.79 Å². The van der Waals surface area contributed by atoms with Crippen molar-refractivity contribution in [3.05, 3.63) is 94.0 Å². The molecule has 35 heavy (non-hydrogen) atoms. The quantitative estimate of drug-likeness (QED) is 0.260. The molecule has 0 radical (unpaired) electrons. The van der Waals surface area contributed by atoms with E-state index < -0.39 is 15.5 Å². The van der Waals surface area contributed by atoms with Gasteiger partial charge in [0.15, 0.2) is 0 Å². The summed E-state index contributed by atoms with van der Waals surface area (Å²) in [4.78, 5) is 13.8. The van der Waals surface area contributed by atoms with Crippen molar-refractivity contribution in [2.45, 2.75) is 57.3 Å². The monoisotopic (exact) mass is 489 g/mol. The highest BCUT2D eigenvalue weighted by molar-refractivity contribution is 7.85. The van der Waals surface area contributed by atoms with E-state index in [0.717, 1.165) is 11.1 Å². The van der Waals surface area contributed by atoms with Gasteiger partial charge in [0.2, 0.25) is 0 Å². The summed E-state index contributed by atoms with van der Waals surface area (Å²) in [5.41, 5.74) is 4.79. The number of hydrogen-bond acceptors (Lipinski definition) is 5. The van der Waals surface area contributed by atoms with Crippen molar-refractivity contribution in [3.63, 3.8) is 0 Å². The predicted molar refractivity (Wildman–Crippen MR) is 133 cm³/mol. The van der Waals surface area contributed by atoms with Gasteiger partial charge in [0.05, 0.1) is 10.3 Å². The molecule has 3 aliphatic rings. The van der Waals surface area contributed by atoms with Crippen molar-refractivity contribution in [2.24, 2.45) is 11.3 Å². The van der Waals surface area contributed by atoms with Gasteiger partial charge in [-0.15, -0.1) is 0 Å². The number of benzene rings is 3. The molecule has 2 bridgehead atoms. The molecule has 0 heterocycles. The van der Waals surface area contributed by atoms with Crippen LogP contribution in [0.25, 0.3) is 0 Å². The first kappa shape index (κ1) is 23.8. The minimum Gasteiger partial charge on any atom is -0.744 e. The number of carbonyl (C=O) groups is 1. The van der Waals surface area contributed by atoms with Gasteiger partial charge in [0, 0.05) is 11.8 Å². The van der Waals surface area contributed by atoms with Crippen LogP contribution < -0.4 is 4.74 Å². The Morgan fingerprint density at radius 3 is 1.97 bits per heavy atom. The molecule has 0 aliphatic heterocycles. The summed E-state index contributed by atoms with van der Waals surface area (Å²) in [6.45, 7) is 9.37. The lowest BCUT2D eigenvalue weighted by atomic mass is 9.48. The number of aryl methyl sites for hydroxylation is 1. The molecule has 6 rings (SSSR count). The van der Waals surface area contributed by atoms with Crippen molar-refractivity contribution in [1.29, 1.82) is 0 Å². The zero-order valence-electron chi connectivity index (χ0n) is 20.5. The largest absolute Gasteiger partial charge is 0.744 e. The molecular weight excluding hydrogens is 460 g/mol. The van der Waals surface area contributed by atoms with Crippen LogP contribution in [0.5, 0.6) is 5.75 Å². The van der Waals surface area contributed by atoms with E-state index in [2.05, 4.69) is 31.2 Å². The van der Waals surface area contributed by atoms with Crippen LogP contribution in [0.1, 0.15) is 78.8 Å². The fourth-order valence-corrected chi connectivity index (χ4v) is 7.12. The van der Waals surface area contributed by atoms with Crippen molar-refractivity contribution in [1.82, 2.24) is 0 Å². The molecule has 0 saturated heterocycles. The Kier molecular flexibility index (Phi) is 5.46. The Bertz CT molecular complexity index is 1410. The van der Waals surface area contributed by atoms with Gasteiger partial charge < -0.3 is 9.29 Å². The van der Waals surface area contributed by atoms with Crippen LogP contribution in [-0.2, 0) is 14.9 Å². The van der Waals surface area contributed by atoms with E-state index in [0.29, 0.717) is 16.9 Å². The van der Waals surface area contributed by atoms with Crippen LogP contribution >= 0.6 is 0 Å². The van der Waals surface area contributed by atoms with Gasteiger partial charge in [-0.1, -0.05) is 69.3 Å². The summed E-state index contributed by atoms with van der Waals surface area (Å²) in [7, 11) is -4.65. The molecule has 3 aromatic carbocycles. The first-order valence-corrected chi connectivity index (χ1v) is 13.4. The second-order valence-electron chi connectivity index (χ2n) is 10.4. The Hall–Kier alpha value is -2.96. The molecule has 0 N–H and O–H groups in total. The Morgan fingerprint density at radius 1 is 0.971 bits per heavy atom. The molecule has 2 atom stereocenters. The summed E-state index contributed by atoms with van der Waals surface area (Å²) in [5, 5.41) is 0. The predicted octanol–water partition coefficient (Wildman–Crippen LogP) is 5.86. The maximum atomic E-state index is 14.0. The molecule has 3 aliphatic carbocycles. The molecule has 5 nitrogen and oxygen atoms in total. The van der Waals surface area contributed by atoms with Gasteiger partial charge in [-0.2, -0.15) is 0 Å². The van der Waals surface area contributed by atoms with Gasteiger partial charge in [0.1, 0.15) is 15.9 Å². The van der Waals surface area contributed by atoms with E-state index in [9.17, 15) is 17.8 Å². The van der Waals surface area contributed by atoms with Gasteiger partial charge in [0.25, 0.3) is 0 Å². The highest BCUT2D eigenvalue weighted by Crippen LogP contribution is 2.64. The lowest BCUT2D eigenvalue weighted by Gasteiger charge is -2.54. The van der Waals surface area contributed by atoms with Crippen LogP contribution in [0.15, 0.2) is 65.6 Å². The summed E-state index contributed by atoms with van der Waals surface area (Å²) >= 11 is 0. The molecule has 0 amide bonds. The van der Waals surface area contributed by atoms with Gasteiger partial charge in [-0.05, 0) is 71.2 Å². The normalized spacial score (nSPS) is 24.7. The third-order valence-electron chi connectivity index (χ3n) is 8.17. The zero-order chi connectivity index (χ0) is 25.3. The fourth-order valence-electron chi connectivity index (χ4n) is 6.21. The Morgan fingerprint density at radius 2 is 1.49 bits per heavy atom. The number of rotatable bonds is 4. The second-order valence-corrected chi connectivity index (χ2v) is 11.7. The van der Waals surface area contributed by atoms with E-state index in [4.69, 9.17) is 4.74 Å². The fraction of sp³-hybridized carbons (Fsp3) is 0.345. The highest BCUT2D eigenvalue weighted by Gasteiger charge is 2.59. The van der Waals surface area contributed by atoms with Crippen LogP contribution in [-0.4, -0.2) is 18.9 Å². The molecular formula is C29H29O5S-. The van der Waals surface area contributed by atoms with Crippen molar-refractivity contribution in [3.8, 4) is 5.75 Å². The van der Waals surface area contributed by atoms with Crippen LogP contribution in [0.3, 0.4) is 0 Å². The topological polar surface area (TPSA) is 83.5 Å². The lowest BCUT2D eigenvalue weighted by molar-refractivity contribution is -0.150. The van der Waals surface area contributed by atoms with Crippen molar-refractivity contribution < 1.29 is 22.5 Å². The molecule has 0 aromatic heterocycles. The van der Waals surface area contributed by atoms with Crippen LogP contribution in [0.2, 0.25) is 0 Å². The number of esters is 1. The summed E-state index contributed by atoms with van der Waals surface area (Å²) in [6.07, 6.45) is 0. The average molecular weight is 490 g/mol. The van der Waals surface area contributed by atoms with E-state index in [-0.39, 0.29) is 34.5 Å². The first-order valence-electron chi connectivity index (χ1n) is 12.0. The Labute approximate surface area is 206 Å². The SMILES string of the molecule is Cc1cc(S(=O)(=O)[O-])c(C(C)C)cc1OC(=O)C1(C)C2c3ccccc3C(c3ccccc32)C1C. The Balaban J connectivity index is 1.62. The summed E-state index contributed by atoms with van der Waals surface area (Å²) in [5.74, 6) is -0.386. The molecule has 6 heteroatoms. The van der Waals surface area contributed by atoms with E-state index in [1.54, 1.807) is 13.0 Å². The third kappa shape index (κ3) is 3.46. The number of fused-ring (bicyclic) bond motifs is 1. The standard InChI is InChI=1S/C29H30O5S/c1-16(2)23-15-24(17(3)14-25(23)35(31,32)33)34-28(30)29(5)18(4)26-19-10-6-8-12-21(19)27(29)22-13-9-7-11-20(22)26/h6-16,18,26-27H,1-5H3,(H,31,32,33)/p-1. The number of ether oxygens (including phenoxy) is 1. The minimum absolute atomic E-state index is 0.0176. The van der Waals surface area contributed by atoms with Crippen LogP contribution in [0, 0.1) is 18.3 Å². The van der Waals surface area contributed by atoms with Gasteiger partial charge in [-0.25, -0.2) is 8.42 Å². The van der Waals surface area contributed by atoms with E-state index >= 15 is 0 Å². The highest BCUT2D eigenvalue weighted by atomic mass is 32.2. The third-order valence-corrected chi connectivity index (χ3v) is 9.06. The maximum Gasteiger partial charge on any atom is 0.318 e. The summed E-state index contributed by atoms with van der Waals surface area (Å²) in [6, 6.07) is 19.5. The van der Waals surface area contributed by atoms with Crippen molar-refractivity contribution in [2.75, 3.05) is 0 Å². The minimum atomic E-state index is -4.65. The number of carbonyl (C=O) groups excluding carboxylic acids is 1. The smallest absolute Gasteiger partial charge is 0.318 e. The van der Waals surface area contributed by atoms with E-state index in [1.165, 1.54) is 17.2 Å². The molecule has 2 unspecified atom stereocenters. The lowest BCUT2D eigenvalue weighted by Crippen LogP contribution is -2.52. The maximum absolute atomic E-state index is 14.0. The van der Waals surface area contributed by atoms with Gasteiger partial charge >= 0.3 is 5.97 Å². The molecule has 0 fully saturated rings. The molecule has 0 spiro atoms. The second kappa shape index (κ2) is 8.04. The molecule has 182 valence electrons. The average Bonchev–Trinajstić information content (AvgIpc) is 2.81. The summed E-state index contributed by atoms with van der Waals surface area (Å²) < 4.78 is 41.6. The number of hydrogen-bond donors (Lipinski definition) is 0. The van der Waals surface area contributed by atoms with Crippen molar-refractivity contribution >= 4 is 16.1 Å². The molecule has 3 aromatic rings. The molecule has 0 saturated carbocycles. The zero-order valence-corrected chi connectivity index (χ0v) is 21.3. The first-order chi connectivity index (χ1) is 16.5. The van der Waals surface area contributed by atoms with Crippen LogP contribution in [0.4, 0.5) is 0 Å².